The van der Waals surface area contributed by atoms with E-state index in [2.05, 4.69) is 92.7 Å². The van der Waals surface area contributed by atoms with E-state index in [-0.39, 0.29) is 0 Å². The third kappa shape index (κ3) is 3.73. The van der Waals surface area contributed by atoms with E-state index < -0.39 is 14.5 Å². The minimum absolute atomic E-state index is 1.05. The zero-order valence-corrected chi connectivity index (χ0v) is 15.6. The van der Waals surface area contributed by atoms with Crippen molar-refractivity contribution in [1.29, 1.82) is 0 Å². The van der Waals surface area contributed by atoms with E-state index in [1.807, 2.05) is 0 Å². The minimum Gasteiger partial charge on any atom is -0.642 e. The van der Waals surface area contributed by atoms with Crippen molar-refractivity contribution in [2.45, 2.75) is 24.4 Å². The Hall–Kier alpha value is -2.01. The number of para-hydroxylation sites is 1. The van der Waals surface area contributed by atoms with E-state index in [0.29, 0.717) is 0 Å². The molecule has 0 N–H and O–H groups in total. The van der Waals surface area contributed by atoms with Gasteiger partial charge in [-0.15, -0.1) is 0 Å². The zero-order valence-electron chi connectivity index (χ0n) is 14.4. The molecule has 3 aromatic carbocycles. The molecule has 0 heterocycles. The van der Waals surface area contributed by atoms with Gasteiger partial charge in [0, 0.05) is 11.1 Å². The van der Waals surface area contributed by atoms with Gasteiger partial charge in [-0.2, -0.15) is 0 Å². The van der Waals surface area contributed by atoms with Crippen molar-refractivity contribution in [2.75, 3.05) is 0 Å². The normalized spacial score (nSPS) is 10.4. The van der Waals surface area contributed by atoms with Crippen LogP contribution in [-0.2, 0) is 0 Å². The van der Waals surface area contributed by atoms with Crippen molar-refractivity contribution in [2.24, 2.45) is 0 Å². The van der Waals surface area contributed by atoms with Crippen molar-refractivity contribution >= 4 is 14.5 Å². The van der Waals surface area contributed by atoms with Gasteiger partial charge in [-0.1, -0.05) is 103 Å². The molecular weight excluding hydrogens is 307 g/mol. The summed E-state index contributed by atoms with van der Waals surface area (Å²) in [5.41, 5.74) is 4.81. The molecule has 0 aliphatic rings. The summed E-state index contributed by atoms with van der Waals surface area (Å²) < 4.78 is 6.62. The van der Waals surface area contributed by atoms with Gasteiger partial charge in [0.25, 0.3) is 0 Å². The largest absolute Gasteiger partial charge is 0.642 e. The summed E-state index contributed by atoms with van der Waals surface area (Å²) in [5.74, 6) is 1.05. The maximum atomic E-state index is 6.62. The summed E-state index contributed by atoms with van der Waals surface area (Å²) >= 11 is -1.22. The fourth-order valence-corrected chi connectivity index (χ4v) is 4.47. The smallest absolute Gasteiger partial charge is 0.546 e. The van der Waals surface area contributed by atoms with Gasteiger partial charge in [-0.3, -0.25) is 0 Å². The molecule has 3 rings (SSSR count). The molecule has 0 spiro atoms. The summed E-state index contributed by atoms with van der Waals surface area (Å²) in [7, 11) is 0. The number of hydrogen-bond donors (Lipinski definition) is 0. The van der Waals surface area contributed by atoms with Crippen LogP contribution in [0.15, 0.2) is 78.9 Å². The van der Waals surface area contributed by atoms with Gasteiger partial charge in [0.1, 0.15) is 0 Å². The van der Waals surface area contributed by atoms with Crippen LogP contribution in [0.4, 0.5) is 0 Å². The predicted octanol–water partition coefficient (Wildman–Crippen LogP) is 6.43. The molecule has 0 saturated carbocycles. The maximum absolute atomic E-state index is 6.62. The SMILES string of the molecule is C[CH2][Al]([CH2]C)[O]c1c(-c2ccccc2)cccc1-c1ccccc1. The summed E-state index contributed by atoms with van der Waals surface area (Å²) in [5, 5.41) is 2.29. The third-order valence-electron chi connectivity index (χ3n) is 4.38. The van der Waals surface area contributed by atoms with E-state index >= 15 is 0 Å². The first-order chi connectivity index (χ1) is 11.8. The number of benzene rings is 3. The molecule has 24 heavy (non-hydrogen) atoms. The quantitative estimate of drug-likeness (QED) is 0.473. The van der Waals surface area contributed by atoms with Crippen LogP contribution >= 0.6 is 0 Å². The Bertz CT molecular complexity index is 707. The summed E-state index contributed by atoms with van der Waals surface area (Å²) in [6.45, 7) is 4.49. The van der Waals surface area contributed by atoms with E-state index in [0.717, 1.165) is 16.3 Å². The van der Waals surface area contributed by atoms with Crippen LogP contribution in [0.2, 0.25) is 10.6 Å². The van der Waals surface area contributed by atoms with E-state index in [1.165, 1.54) is 22.3 Å². The van der Waals surface area contributed by atoms with Gasteiger partial charge in [0.05, 0.1) is 5.75 Å². The molecule has 0 bridgehead atoms. The van der Waals surface area contributed by atoms with Crippen LogP contribution < -0.4 is 3.79 Å². The Morgan fingerprint density at radius 1 is 0.625 bits per heavy atom. The van der Waals surface area contributed by atoms with Crippen molar-refractivity contribution in [1.82, 2.24) is 0 Å². The fourth-order valence-electron chi connectivity index (χ4n) is 2.98. The molecular formula is C22H23AlO. The van der Waals surface area contributed by atoms with Crippen LogP contribution in [0, 0.1) is 0 Å². The second-order valence-electron chi connectivity index (χ2n) is 5.97. The Labute approximate surface area is 149 Å². The second-order valence-corrected chi connectivity index (χ2v) is 9.08. The summed E-state index contributed by atoms with van der Waals surface area (Å²) in [6.07, 6.45) is 0. The predicted molar refractivity (Wildman–Crippen MR) is 105 cm³/mol. The fraction of sp³-hybridized carbons (Fsp3) is 0.182. The van der Waals surface area contributed by atoms with E-state index in [1.54, 1.807) is 0 Å². The van der Waals surface area contributed by atoms with Crippen molar-refractivity contribution in [3.05, 3.63) is 78.9 Å². The molecule has 1 nitrogen and oxygen atoms in total. The molecule has 3 aromatic rings. The van der Waals surface area contributed by atoms with Crippen molar-refractivity contribution in [3.8, 4) is 28.0 Å². The first-order valence-electron chi connectivity index (χ1n) is 8.74. The molecule has 0 amide bonds. The third-order valence-corrected chi connectivity index (χ3v) is 6.77. The molecule has 2 heteroatoms. The van der Waals surface area contributed by atoms with Gasteiger partial charge >= 0.3 is 14.5 Å². The monoisotopic (exact) mass is 330 g/mol. The van der Waals surface area contributed by atoms with E-state index in [9.17, 15) is 0 Å². The highest BCUT2D eigenvalue weighted by Crippen LogP contribution is 2.39. The van der Waals surface area contributed by atoms with Gasteiger partial charge < -0.3 is 3.79 Å². The lowest BCUT2D eigenvalue weighted by atomic mass is 9.97. The van der Waals surface area contributed by atoms with Crippen LogP contribution in [0.3, 0.4) is 0 Å². The first-order valence-corrected chi connectivity index (χ1v) is 10.8. The molecule has 0 unspecified atom stereocenters. The Morgan fingerprint density at radius 3 is 1.50 bits per heavy atom. The highest BCUT2D eigenvalue weighted by atomic mass is 27.2. The average Bonchev–Trinajstić information content (AvgIpc) is 2.67. The lowest BCUT2D eigenvalue weighted by molar-refractivity contribution is 0.570. The highest BCUT2D eigenvalue weighted by Gasteiger charge is 2.22. The molecule has 0 aliphatic heterocycles. The van der Waals surface area contributed by atoms with Gasteiger partial charge in [-0.25, -0.2) is 0 Å². The standard InChI is InChI=1S/C18H14O.2C2H5.Al/c19-18-16(14-8-3-1-4-9-14)12-7-13-17(18)15-10-5-2-6-11-15;2*1-2;/h1-13,19H;2*1H2,2H3;/q;;;+1/p-1. The number of rotatable bonds is 6. The molecule has 0 radical (unpaired) electrons. The Morgan fingerprint density at radius 2 is 1.08 bits per heavy atom. The van der Waals surface area contributed by atoms with Crippen molar-refractivity contribution < 1.29 is 3.79 Å². The summed E-state index contributed by atoms with van der Waals surface area (Å²) in [6, 6.07) is 27.6. The first kappa shape index (κ1) is 16.8. The Balaban J connectivity index is 2.15. The van der Waals surface area contributed by atoms with Crippen LogP contribution in [0.5, 0.6) is 5.75 Å². The topological polar surface area (TPSA) is 9.23 Å². The van der Waals surface area contributed by atoms with Gasteiger partial charge in [-0.05, 0) is 11.1 Å². The van der Waals surface area contributed by atoms with E-state index in [4.69, 9.17) is 3.79 Å². The maximum Gasteiger partial charge on any atom is 0.546 e. The molecule has 0 fully saturated rings. The lowest BCUT2D eigenvalue weighted by Crippen LogP contribution is -2.19. The van der Waals surface area contributed by atoms with Crippen molar-refractivity contribution in [3.63, 3.8) is 0 Å². The van der Waals surface area contributed by atoms with Crippen LogP contribution in [0.25, 0.3) is 22.3 Å². The molecule has 0 atom stereocenters. The summed E-state index contributed by atoms with van der Waals surface area (Å²) in [4.78, 5) is 0. The van der Waals surface area contributed by atoms with Gasteiger partial charge in [0.15, 0.2) is 0 Å². The van der Waals surface area contributed by atoms with Crippen LogP contribution in [0.1, 0.15) is 13.8 Å². The molecule has 0 aromatic heterocycles. The average molecular weight is 330 g/mol. The van der Waals surface area contributed by atoms with Crippen LogP contribution in [-0.4, -0.2) is 14.5 Å². The molecule has 120 valence electrons. The number of hydrogen-bond acceptors (Lipinski definition) is 1. The highest BCUT2D eigenvalue weighted by molar-refractivity contribution is 6.52. The lowest BCUT2D eigenvalue weighted by Gasteiger charge is -2.21. The minimum atomic E-state index is -1.22. The second kappa shape index (κ2) is 8.20. The zero-order chi connectivity index (χ0) is 16.8. The van der Waals surface area contributed by atoms with Gasteiger partial charge in [0.2, 0.25) is 0 Å². The Kier molecular flexibility index (Phi) is 5.75. The molecule has 0 saturated heterocycles. The molecule has 0 aliphatic carbocycles.